The third kappa shape index (κ3) is 5.20. The van der Waals surface area contributed by atoms with Crippen molar-refractivity contribution in [1.82, 2.24) is 0 Å². The second kappa shape index (κ2) is 11.2. The summed E-state index contributed by atoms with van der Waals surface area (Å²) in [5, 5.41) is 5.35. The van der Waals surface area contributed by atoms with Crippen molar-refractivity contribution in [1.29, 1.82) is 0 Å². The SMILES string of the molecule is CC1(C)C(/C=C/C2=CC(=C/C=C3/N(C(C)(C)C)c4ccc5ccccc5c4C3(C)C)/CCC2)=[N+](C(C)(C)C)c2ccc3ccccc3c21. The third-order valence-electron chi connectivity index (χ3n) is 10.9. The second-order valence-electron chi connectivity index (χ2n) is 17.2. The van der Waals surface area contributed by atoms with Crippen LogP contribution in [0.25, 0.3) is 21.5 Å². The van der Waals surface area contributed by atoms with Crippen LogP contribution in [0.15, 0.2) is 120 Å². The van der Waals surface area contributed by atoms with Crippen molar-refractivity contribution in [2.24, 2.45) is 0 Å². The number of allylic oxidation sites excluding steroid dienone is 8. The summed E-state index contributed by atoms with van der Waals surface area (Å²) in [6, 6.07) is 27.0. The Labute approximate surface area is 288 Å². The number of fused-ring (bicyclic) bond motifs is 6. The monoisotopic (exact) mass is 633 g/mol. The van der Waals surface area contributed by atoms with E-state index in [-0.39, 0.29) is 21.9 Å². The highest BCUT2D eigenvalue weighted by Gasteiger charge is 2.49. The standard InChI is InChI=1S/C46H53N2/c1-43(2,3)47-37-26-24-33-18-11-13-20-35(33)41(37)45(7,8)39(47)28-22-31-16-15-17-32(30-31)23-29-40-46(9,10)42-36-21-14-12-19-34(36)25-27-38(42)48(40)44(4,5)6/h11-14,18-30H,15-17H2,1-10H3/q+1. The van der Waals surface area contributed by atoms with E-state index in [4.69, 9.17) is 0 Å². The summed E-state index contributed by atoms with van der Waals surface area (Å²) in [6.07, 6.45) is 15.5. The van der Waals surface area contributed by atoms with Gasteiger partial charge in [-0.25, -0.2) is 0 Å². The van der Waals surface area contributed by atoms with E-state index in [1.807, 2.05) is 0 Å². The Morgan fingerprint density at radius 1 is 0.667 bits per heavy atom. The van der Waals surface area contributed by atoms with E-state index in [9.17, 15) is 0 Å². The summed E-state index contributed by atoms with van der Waals surface area (Å²) >= 11 is 0. The molecule has 2 heterocycles. The zero-order valence-electron chi connectivity index (χ0n) is 30.8. The quantitative estimate of drug-likeness (QED) is 0.203. The molecule has 0 aromatic heterocycles. The summed E-state index contributed by atoms with van der Waals surface area (Å²) in [6.45, 7) is 23.6. The number of rotatable bonds is 3. The van der Waals surface area contributed by atoms with Crippen LogP contribution in [0.1, 0.15) is 99.6 Å². The van der Waals surface area contributed by atoms with Crippen molar-refractivity contribution in [3.05, 3.63) is 131 Å². The van der Waals surface area contributed by atoms with Gasteiger partial charge in [0.25, 0.3) is 0 Å². The van der Waals surface area contributed by atoms with Crippen LogP contribution in [0.5, 0.6) is 0 Å². The lowest BCUT2D eigenvalue weighted by atomic mass is 9.78. The fraction of sp³-hybridized carbons (Fsp3) is 0.370. The Balaban J connectivity index is 1.27. The highest BCUT2D eigenvalue weighted by Crippen LogP contribution is 2.53. The zero-order valence-corrected chi connectivity index (χ0v) is 30.8. The summed E-state index contributed by atoms with van der Waals surface area (Å²) in [5.41, 5.74) is 10.8. The van der Waals surface area contributed by atoms with Gasteiger partial charge in [0.1, 0.15) is 0 Å². The van der Waals surface area contributed by atoms with E-state index >= 15 is 0 Å². The molecule has 2 aliphatic heterocycles. The Morgan fingerprint density at radius 3 is 1.94 bits per heavy atom. The lowest BCUT2D eigenvalue weighted by Gasteiger charge is -2.38. The van der Waals surface area contributed by atoms with Crippen LogP contribution < -0.4 is 4.90 Å². The molecule has 0 fully saturated rings. The van der Waals surface area contributed by atoms with Crippen molar-refractivity contribution >= 4 is 38.6 Å². The van der Waals surface area contributed by atoms with Crippen LogP contribution in [0, 0.1) is 0 Å². The molecule has 0 unspecified atom stereocenters. The molecule has 1 aliphatic carbocycles. The third-order valence-corrected chi connectivity index (χ3v) is 10.9. The van der Waals surface area contributed by atoms with Gasteiger partial charge in [0.05, 0.1) is 5.41 Å². The molecular weight excluding hydrogens is 581 g/mol. The molecular formula is C46H53N2+. The molecule has 0 N–H and O–H groups in total. The molecule has 4 aromatic rings. The number of nitrogens with zero attached hydrogens (tertiary/aromatic N) is 2. The molecule has 0 radical (unpaired) electrons. The largest absolute Gasteiger partial charge is 0.339 e. The highest BCUT2D eigenvalue weighted by molar-refractivity contribution is 6.08. The minimum absolute atomic E-state index is 0.0429. The normalized spacial score (nSPS) is 20.8. The second-order valence-corrected chi connectivity index (χ2v) is 17.2. The molecule has 7 rings (SSSR count). The number of hydrogen-bond donors (Lipinski definition) is 0. The molecule has 0 saturated heterocycles. The minimum Gasteiger partial charge on any atom is -0.339 e. The Morgan fingerprint density at radius 2 is 1.29 bits per heavy atom. The molecule has 0 amide bonds. The van der Waals surface area contributed by atoms with Gasteiger partial charge in [0.15, 0.2) is 11.3 Å². The number of anilines is 1. The number of hydrogen-bond acceptors (Lipinski definition) is 1. The Hall–Kier alpha value is -4.17. The molecule has 246 valence electrons. The smallest absolute Gasteiger partial charge is 0.210 e. The number of benzene rings is 4. The fourth-order valence-corrected chi connectivity index (χ4v) is 8.81. The topological polar surface area (TPSA) is 6.25 Å². The van der Waals surface area contributed by atoms with Crippen LogP contribution >= 0.6 is 0 Å². The van der Waals surface area contributed by atoms with Gasteiger partial charge in [-0.1, -0.05) is 86.7 Å². The average Bonchev–Trinajstić information content (AvgIpc) is 3.42. The molecule has 4 aromatic carbocycles. The first kappa shape index (κ1) is 32.4. The van der Waals surface area contributed by atoms with Crippen molar-refractivity contribution in [3.8, 4) is 0 Å². The predicted octanol–water partition coefficient (Wildman–Crippen LogP) is 12.2. The van der Waals surface area contributed by atoms with E-state index in [1.54, 1.807) is 0 Å². The van der Waals surface area contributed by atoms with E-state index in [1.165, 1.54) is 73.0 Å². The first-order valence-electron chi connectivity index (χ1n) is 17.9. The molecule has 0 atom stereocenters. The summed E-state index contributed by atoms with van der Waals surface area (Å²) in [5.74, 6) is 0. The zero-order chi connectivity index (χ0) is 34.2. The molecule has 0 spiro atoms. The molecule has 3 aliphatic rings. The maximum Gasteiger partial charge on any atom is 0.210 e. The highest BCUT2D eigenvalue weighted by atomic mass is 15.2. The van der Waals surface area contributed by atoms with Gasteiger partial charge >= 0.3 is 0 Å². The lowest BCUT2D eigenvalue weighted by molar-refractivity contribution is -0.517. The molecule has 0 saturated carbocycles. The van der Waals surface area contributed by atoms with Gasteiger partial charge in [-0.3, -0.25) is 0 Å². The van der Waals surface area contributed by atoms with Gasteiger partial charge in [0, 0.05) is 60.8 Å². The van der Waals surface area contributed by atoms with Crippen molar-refractivity contribution in [2.45, 2.75) is 110 Å². The first-order chi connectivity index (χ1) is 22.6. The van der Waals surface area contributed by atoms with Crippen LogP contribution in [0.3, 0.4) is 0 Å². The van der Waals surface area contributed by atoms with E-state index < -0.39 is 0 Å². The van der Waals surface area contributed by atoms with Crippen LogP contribution in [0.2, 0.25) is 0 Å². The van der Waals surface area contributed by atoms with Crippen molar-refractivity contribution in [3.63, 3.8) is 0 Å². The summed E-state index contributed by atoms with van der Waals surface area (Å²) in [7, 11) is 0. The van der Waals surface area contributed by atoms with E-state index in [2.05, 4.69) is 182 Å². The molecule has 2 heteroatoms. The van der Waals surface area contributed by atoms with E-state index in [0.717, 1.165) is 12.8 Å². The Bertz CT molecular complexity index is 2110. The van der Waals surface area contributed by atoms with Crippen molar-refractivity contribution < 1.29 is 4.58 Å². The van der Waals surface area contributed by atoms with Gasteiger partial charge in [-0.2, -0.15) is 4.58 Å². The van der Waals surface area contributed by atoms with Crippen LogP contribution in [-0.4, -0.2) is 21.4 Å². The summed E-state index contributed by atoms with van der Waals surface area (Å²) < 4.78 is 2.58. The minimum atomic E-state index is -0.109. The van der Waals surface area contributed by atoms with Gasteiger partial charge < -0.3 is 4.90 Å². The van der Waals surface area contributed by atoms with Gasteiger partial charge in [-0.05, 0) is 110 Å². The van der Waals surface area contributed by atoms with Crippen LogP contribution in [0.4, 0.5) is 11.4 Å². The van der Waals surface area contributed by atoms with Gasteiger partial charge in [0.2, 0.25) is 5.69 Å². The molecule has 48 heavy (non-hydrogen) atoms. The average molecular weight is 634 g/mol. The lowest BCUT2D eigenvalue weighted by Crippen LogP contribution is -2.41. The molecule has 0 bridgehead atoms. The maximum atomic E-state index is 2.58. The first-order valence-corrected chi connectivity index (χ1v) is 17.9. The molecule has 2 nitrogen and oxygen atoms in total. The maximum absolute atomic E-state index is 2.58. The van der Waals surface area contributed by atoms with E-state index in [0.29, 0.717) is 0 Å². The Kier molecular flexibility index (Phi) is 7.55. The van der Waals surface area contributed by atoms with Crippen molar-refractivity contribution in [2.75, 3.05) is 4.90 Å². The van der Waals surface area contributed by atoms with Gasteiger partial charge in [-0.15, -0.1) is 0 Å². The fourth-order valence-electron chi connectivity index (χ4n) is 8.81. The predicted molar refractivity (Wildman–Crippen MR) is 208 cm³/mol. The summed E-state index contributed by atoms with van der Waals surface area (Å²) in [4.78, 5) is 2.58. The van der Waals surface area contributed by atoms with Crippen LogP contribution in [-0.2, 0) is 10.8 Å².